The minimum Gasteiger partial charge on any atom is -0.481 e. The average Bonchev–Trinajstić information content (AvgIpc) is 2.95. The number of hydrogen-bond donors (Lipinski definition) is 2. The third kappa shape index (κ3) is 9.33. The van der Waals surface area contributed by atoms with Crippen molar-refractivity contribution in [2.24, 2.45) is 11.8 Å². The molecule has 0 radical (unpaired) electrons. The smallest absolute Gasteiger partial charge is 0.303 e. The Hall–Kier alpha value is -2.20. The number of aliphatic carboxylic acids is 1. The molecule has 0 amide bonds. The van der Waals surface area contributed by atoms with Crippen LogP contribution in [-0.4, -0.2) is 28.1 Å². The van der Waals surface area contributed by atoms with Crippen molar-refractivity contribution in [3.63, 3.8) is 0 Å². The van der Waals surface area contributed by atoms with E-state index < -0.39 is 12.1 Å². The summed E-state index contributed by atoms with van der Waals surface area (Å²) in [7, 11) is 0. The first-order valence-corrected chi connectivity index (χ1v) is 9.29. The van der Waals surface area contributed by atoms with Gasteiger partial charge in [0.2, 0.25) is 0 Å². The van der Waals surface area contributed by atoms with Crippen LogP contribution in [0.3, 0.4) is 0 Å². The lowest BCUT2D eigenvalue weighted by Crippen LogP contribution is -2.14. The standard InChI is InChI=1S/C22H30O4/c1-2-3-8-12-19(23)15-16-20-18(14-17-21(20)24)11-9-6-4-5-7-10-13-22(25)26/h3,5-9,14-20,23H,2,4,10-13H2,1H3,(H,25,26)/b7-5-,8-3-,9-6-,16-15+/t18-,19-,20-/m0/s1. The summed E-state index contributed by atoms with van der Waals surface area (Å²) < 4.78 is 0. The number of hydrogen-bond acceptors (Lipinski definition) is 3. The van der Waals surface area contributed by atoms with Crippen LogP contribution in [0.5, 0.6) is 0 Å². The predicted octanol–water partition coefficient (Wildman–Crippen LogP) is 4.39. The third-order valence-corrected chi connectivity index (χ3v) is 4.16. The zero-order chi connectivity index (χ0) is 19.2. The lowest BCUT2D eigenvalue weighted by molar-refractivity contribution is -0.136. The van der Waals surface area contributed by atoms with Crippen molar-refractivity contribution in [3.8, 4) is 0 Å². The first-order valence-electron chi connectivity index (χ1n) is 9.29. The molecule has 0 heterocycles. The first-order chi connectivity index (χ1) is 12.5. The number of carboxylic acid groups (broad SMARTS) is 1. The van der Waals surface area contributed by atoms with Gasteiger partial charge >= 0.3 is 5.97 Å². The molecular weight excluding hydrogens is 328 g/mol. The van der Waals surface area contributed by atoms with Crippen LogP contribution < -0.4 is 0 Å². The number of rotatable bonds is 12. The van der Waals surface area contributed by atoms with Crippen LogP contribution in [0.2, 0.25) is 0 Å². The molecule has 0 fully saturated rings. The molecule has 4 heteroatoms. The Morgan fingerprint density at radius 2 is 1.96 bits per heavy atom. The number of carbonyl (C=O) groups excluding carboxylic acids is 1. The number of carboxylic acids is 1. The fraction of sp³-hybridized carbons (Fsp3) is 0.455. The summed E-state index contributed by atoms with van der Waals surface area (Å²) in [6, 6.07) is 0. The largest absolute Gasteiger partial charge is 0.481 e. The van der Waals surface area contributed by atoms with E-state index in [1.807, 2.05) is 49.5 Å². The van der Waals surface area contributed by atoms with Crippen LogP contribution in [-0.2, 0) is 9.59 Å². The van der Waals surface area contributed by atoms with E-state index in [1.54, 1.807) is 12.2 Å². The minimum atomic E-state index is -0.784. The van der Waals surface area contributed by atoms with Gasteiger partial charge in [0.15, 0.2) is 5.78 Å². The maximum Gasteiger partial charge on any atom is 0.303 e. The number of carbonyl (C=O) groups is 2. The number of allylic oxidation sites excluding steroid dienone is 8. The first kappa shape index (κ1) is 21.8. The highest BCUT2D eigenvalue weighted by Crippen LogP contribution is 2.27. The van der Waals surface area contributed by atoms with Crippen molar-refractivity contribution in [3.05, 3.63) is 60.8 Å². The highest BCUT2D eigenvalue weighted by atomic mass is 16.4. The summed E-state index contributed by atoms with van der Waals surface area (Å²) in [5.74, 6) is -0.766. The fourth-order valence-corrected chi connectivity index (χ4v) is 2.70. The second kappa shape index (κ2) is 13.1. The van der Waals surface area contributed by atoms with E-state index in [0.29, 0.717) is 12.8 Å². The molecule has 0 saturated carbocycles. The summed E-state index contributed by atoms with van der Waals surface area (Å²) in [5, 5.41) is 18.5. The van der Waals surface area contributed by atoms with Crippen LogP contribution in [0, 0.1) is 11.8 Å². The Balaban J connectivity index is 2.39. The summed E-state index contributed by atoms with van der Waals surface area (Å²) >= 11 is 0. The number of aliphatic hydroxyl groups excluding tert-OH is 1. The van der Waals surface area contributed by atoms with Crippen LogP contribution in [0.4, 0.5) is 0 Å². The highest BCUT2D eigenvalue weighted by molar-refractivity contribution is 5.95. The van der Waals surface area contributed by atoms with E-state index in [-0.39, 0.29) is 24.0 Å². The Labute approximate surface area is 156 Å². The highest BCUT2D eigenvalue weighted by Gasteiger charge is 2.26. The van der Waals surface area contributed by atoms with Crippen LogP contribution >= 0.6 is 0 Å². The number of ketones is 1. The lowest BCUT2D eigenvalue weighted by Gasteiger charge is -2.13. The maximum atomic E-state index is 12.0. The van der Waals surface area contributed by atoms with E-state index >= 15 is 0 Å². The zero-order valence-corrected chi connectivity index (χ0v) is 15.5. The second-order valence-electron chi connectivity index (χ2n) is 6.37. The van der Waals surface area contributed by atoms with Gasteiger partial charge in [0.25, 0.3) is 0 Å². The molecule has 1 aliphatic carbocycles. The molecule has 0 aliphatic heterocycles. The molecule has 0 unspecified atom stereocenters. The molecule has 4 nitrogen and oxygen atoms in total. The molecule has 0 aromatic heterocycles. The average molecular weight is 358 g/mol. The zero-order valence-electron chi connectivity index (χ0n) is 15.5. The Kier molecular flexibility index (Phi) is 11.0. The molecule has 1 aliphatic rings. The van der Waals surface area contributed by atoms with Crippen molar-refractivity contribution in [1.82, 2.24) is 0 Å². The van der Waals surface area contributed by atoms with Crippen molar-refractivity contribution >= 4 is 11.8 Å². The molecule has 0 aromatic rings. The molecule has 26 heavy (non-hydrogen) atoms. The van der Waals surface area contributed by atoms with Gasteiger partial charge in [-0.3, -0.25) is 9.59 Å². The summed E-state index contributed by atoms with van der Waals surface area (Å²) in [6.45, 7) is 2.05. The molecule has 0 bridgehead atoms. The van der Waals surface area contributed by atoms with Gasteiger partial charge in [0.1, 0.15) is 0 Å². The monoisotopic (exact) mass is 358 g/mol. The molecule has 0 aromatic carbocycles. The molecule has 0 spiro atoms. The number of aliphatic hydroxyl groups is 1. The van der Waals surface area contributed by atoms with E-state index in [9.17, 15) is 14.7 Å². The van der Waals surface area contributed by atoms with Crippen LogP contribution in [0.1, 0.15) is 45.4 Å². The predicted molar refractivity (Wildman–Crippen MR) is 105 cm³/mol. The van der Waals surface area contributed by atoms with Gasteiger partial charge in [0.05, 0.1) is 6.10 Å². The van der Waals surface area contributed by atoms with Crippen molar-refractivity contribution in [1.29, 1.82) is 0 Å². The third-order valence-electron chi connectivity index (χ3n) is 4.16. The van der Waals surface area contributed by atoms with Crippen molar-refractivity contribution < 1.29 is 19.8 Å². The van der Waals surface area contributed by atoms with E-state index in [1.165, 1.54) is 0 Å². The van der Waals surface area contributed by atoms with Gasteiger partial charge in [-0.05, 0) is 44.1 Å². The van der Waals surface area contributed by atoms with Gasteiger partial charge in [0, 0.05) is 12.3 Å². The molecule has 3 atom stereocenters. The molecule has 142 valence electrons. The second-order valence-corrected chi connectivity index (χ2v) is 6.37. The Morgan fingerprint density at radius 3 is 2.69 bits per heavy atom. The molecule has 2 N–H and O–H groups in total. The fourth-order valence-electron chi connectivity index (χ4n) is 2.70. The summed E-state index contributed by atoms with van der Waals surface area (Å²) in [5.41, 5.74) is 0. The van der Waals surface area contributed by atoms with E-state index in [0.717, 1.165) is 19.3 Å². The topological polar surface area (TPSA) is 74.6 Å². The van der Waals surface area contributed by atoms with Gasteiger partial charge in [-0.2, -0.15) is 0 Å². The van der Waals surface area contributed by atoms with Gasteiger partial charge in [-0.15, -0.1) is 0 Å². The minimum absolute atomic E-state index is 0.0875. The molecule has 1 rings (SSSR count). The molecule has 0 saturated heterocycles. The Bertz CT molecular complexity index is 581. The molecular formula is C22H30O4. The SMILES string of the molecule is CC/C=C\C[C@H](O)/C=C/[C@@H]1C(=O)C=C[C@@H]1C/C=C\C/C=C\CCC(=O)O. The van der Waals surface area contributed by atoms with Gasteiger partial charge < -0.3 is 10.2 Å². The normalized spacial score (nSPS) is 21.8. The Morgan fingerprint density at radius 1 is 1.19 bits per heavy atom. The summed E-state index contributed by atoms with van der Waals surface area (Å²) in [6.07, 6.45) is 22.2. The summed E-state index contributed by atoms with van der Waals surface area (Å²) in [4.78, 5) is 22.4. The maximum absolute atomic E-state index is 12.0. The van der Waals surface area contributed by atoms with Crippen molar-refractivity contribution in [2.45, 2.75) is 51.6 Å². The van der Waals surface area contributed by atoms with Crippen LogP contribution in [0.25, 0.3) is 0 Å². The van der Waals surface area contributed by atoms with Crippen LogP contribution in [0.15, 0.2) is 60.8 Å². The quantitative estimate of drug-likeness (QED) is 0.507. The van der Waals surface area contributed by atoms with Gasteiger partial charge in [-0.1, -0.05) is 61.6 Å². The van der Waals surface area contributed by atoms with E-state index in [4.69, 9.17) is 5.11 Å². The lowest BCUT2D eigenvalue weighted by atomic mass is 9.91. The van der Waals surface area contributed by atoms with Crippen molar-refractivity contribution in [2.75, 3.05) is 0 Å². The van der Waals surface area contributed by atoms with Gasteiger partial charge in [-0.25, -0.2) is 0 Å². The van der Waals surface area contributed by atoms with E-state index in [2.05, 4.69) is 6.08 Å².